The Kier molecular flexibility index (Phi) is 5.03. The number of aliphatic hydroxyl groups is 1. The lowest BCUT2D eigenvalue weighted by atomic mass is 10.0. The second kappa shape index (κ2) is 6.79. The molecule has 120 valence electrons. The molecule has 6 nitrogen and oxygen atoms in total. The summed E-state index contributed by atoms with van der Waals surface area (Å²) in [6.07, 6.45) is -0.596. The van der Waals surface area contributed by atoms with Gasteiger partial charge in [-0.3, -0.25) is 14.5 Å². The summed E-state index contributed by atoms with van der Waals surface area (Å²) in [6, 6.07) is 5.57. The largest absolute Gasteiger partial charge is 0.478 e. The van der Waals surface area contributed by atoms with Gasteiger partial charge in [-0.2, -0.15) is 0 Å². The van der Waals surface area contributed by atoms with E-state index in [1.165, 1.54) is 4.90 Å². The van der Waals surface area contributed by atoms with Crippen molar-refractivity contribution in [1.82, 2.24) is 5.32 Å². The first kappa shape index (κ1) is 16.3. The summed E-state index contributed by atoms with van der Waals surface area (Å²) < 4.78 is 5.79. The maximum Gasteiger partial charge on any atom is 0.268 e. The van der Waals surface area contributed by atoms with Gasteiger partial charge in [-0.15, -0.1) is 0 Å². The fraction of sp³-hybridized carbons (Fsp3) is 0.500. The first-order valence-electron chi connectivity index (χ1n) is 7.40. The minimum absolute atomic E-state index is 0.00459. The SMILES string of the molecule is Cc1ccc2c(c1)N(CC(=O)NCCO)C(=O)[C@@H](C(C)C)O2. The van der Waals surface area contributed by atoms with E-state index in [1.807, 2.05) is 39.0 Å². The molecule has 0 spiro atoms. The number of rotatable bonds is 5. The number of carbonyl (C=O) groups excluding carboxylic acids is 2. The first-order chi connectivity index (χ1) is 10.4. The topological polar surface area (TPSA) is 78.9 Å². The number of aryl methyl sites for hydroxylation is 1. The van der Waals surface area contributed by atoms with Crippen LogP contribution in [0.5, 0.6) is 5.75 Å². The summed E-state index contributed by atoms with van der Waals surface area (Å²) >= 11 is 0. The van der Waals surface area contributed by atoms with E-state index in [0.29, 0.717) is 11.4 Å². The third-order valence-electron chi connectivity index (χ3n) is 3.51. The molecule has 0 fully saturated rings. The fourth-order valence-corrected chi connectivity index (χ4v) is 2.38. The summed E-state index contributed by atoms with van der Waals surface area (Å²) in [4.78, 5) is 26.0. The van der Waals surface area contributed by atoms with Gasteiger partial charge in [-0.1, -0.05) is 19.9 Å². The van der Waals surface area contributed by atoms with Crippen LogP contribution >= 0.6 is 0 Å². The third kappa shape index (κ3) is 3.39. The zero-order valence-corrected chi connectivity index (χ0v) is 13.1. The highest BCUT2D eigenvalue weighted by Crippen LogP contribution is 2.36. The number of nitrogens with zero attached hydrogens (tertiary/aromatic N) is 1. The lowest BCUT2D eigenvalue weighted by Gasteiger charge is -2.35. The Morgan fingerprint density at radius 2 is 2.18 bits per heavy atom. The van der Waals surface area contributed by atoms with E-state index >= 15 is 0 Å². The molecule has 0 unspecified atom stereocenters. The average Bonchev–Trinajstić information content (AvgIpc) is 2.47. The number of aliphatic hydroxyl groups excluding tert-OH is 1. The van der Waals surface area contributed by atoms with Crippen molar-refractivity contribution in [3.8, 4) is 5.75 Å². The Morgan fingerprint density at radius 3 is 2.82 bits per heavy atom. The summed E-state index contributed by atoms with van der Waals surface area (Å²) in [5, 5.41) is 11.3. The van der Waals surface area contributed by atoms with Crippen molar-refractivity contribution in [2.45, 2.75) is 26.9 Å². The van der Waals surface area contributed by atoms with E-state index in [9.17, 15) is 9.59 Å². The molecule has 22 heavy (non-hydrogen) atoms. The smallest absolute Gasteiger partial charge is 0.268 e. The summed E-state index contributed by atoms with van der Waals surface area (Å²) in [5.74, 6) is 0.0929. The number of ether oxygens (including phenoxy) is 1. The monoisotopic (exact) mass is 306 g/mol. The Balaban J connectivity index is 2.30. The minimum atomic E-state index is -0.596. The van der Waals surface area contributed by atoms with Crippen LogP contribution in [0, 0.1) is 12.8 Å². The zero-order valence-electron chi connectivity index (χ0n) is 13.1. The van der Waals surface area contributed by atoms with Gasteiger partial charge in [-0.05, 0) is 30.5 Å². The molecule has 0 aromatic heterocycles. The van der Waals surface area contributed by atoms with E-state index in [-0.39, 0.29) is 37.4 Å². The first-order valence-corrected chi connectivity index (χ1v) is 7.40. The van der Waals surface area contributed by atoms with Gasteiger partial charge in [0, 0.05) is 6.54 Å². The molecule has 2 rings (SSSR count). The summed E-state index contributed by atoms with van der Waals surface area (Å²) in [6.45, 7) is 5.70. The molecule has 0 saturated carbocycles. The molecule has 1 aliphatic rings. The van der Waals surface area contributed by atoms with Crippen molar-refractivity contribution in [3.05, 3.63) is 23.8 Å². The van der Waals surface area contributed by atoms with Crippen LogP contribution in [0.1, 0.15) is 19.4 Å². The van der Waals surface area contributed by atoms with Gasteiger partial charge in [0.15, 0.2) is 6.10 Å². The Labute approximate surface area is 130 Å². The molecule has 0 radical (unpaired) electrons. The van der Waals surface area contributed by atoms with E-state index in [2.05, 4.69) is 5.32 Å². The van der Waals surface area contributed by atoms with Gasteiger partial charge in [0.2, 0.25) is 5.91 Å². The molecule has 1 atom stereocenters. The molecule has 0 bridgehead atoms. The number of hydrogen-bond acceptors (Lipinski definition) is 4. The normalized spacial score (nSPS) is 17.2. The Hall–Kier alpha value is -2.08. The van der Waals surface area contributed by atoms with Gasteiger partial charge in [0.05, 0.1) is 12.3 Å². The lowest BCUT2D eigenvalue weighted by Crippen LogP contribution is -2.51. The number of anilines is 1. The second-order valence-corrected chi connectivity index (χ2v) is 5.75. The van der Waals surface area contributed by atoms with Crippen molar-refractivity contribution in [2.75, 3.05) is 24.6 Å². The van der Waals surface area contributed by atoms with Crippen LogP contribution in [0.2, 0.25) is 0 Å². The molecular formula is C16H22N2O4. The van der Waals surface area contributed by atoms with Crippen LogP contribution in [0.4, 0.5) is 5.69 Å². The molecular weight excluding hydrogens is 284 g/mol. The van der Waals surface area contributed by atoms with Crippen molar-refractivity contribution in [2.24, 2.45) is 5.92 Å². The van der Waals surface area contributed by atoms with Crippen molar-refractivity contribution >= 4 is 17.5 Å². The third-order valence-corrected chi connectivity index (χ3v) is 3.51. The maximum absolute atomic E-state index is 12.6. The quantitative estimate of drug-likeness (QED) is 0.845. The van der Waals surface area contributed by atoms with E-state index < -0.39 is 6.10 Å². The van der Waals surface area contributed by atoms with E-state index in [4.69, 9.17) is 9.84 Å². The van der Waals surface area contributed by atoms with Gasteiger partial charge >= 0.3 is 0 Å². The molecule has 2 amide bonds. The lowest BCUT2D eigenvalue weighted by molar-refractivity contribution is -0.130. The van der Waals surface area contributed by atoms with E-state index in [0.717, 1.165) is 5.56 Å². The van der Waals surface area contributed by atoms with Crippen LogP contribution in [-0.2, 0) is 9.59 Å². The predicted octanol–water partition coefficient (Wildman–Crippen LogP) is 0.854. The minimum Gasteiger partial charge on any atom is -0.478 e. The molecule has 1 aromatic carbocycles. The van der Waals surface area contributed by atoms with Crippen molar-refractivity contribution < 1.29 is 19.4 Å². The van der Waals surface area contributed by atoms with Gasteiger partial charge < -0.3 is 15.2 Å². The highest BCUT2D eigenvalue weighted by atomic mass is 16.5. The molecule has 6 heteroatoms. The molecule has 2 N–H and O–H groups in total. The van der Waals surface area contributed by atoms with Gasteiger partial charge in [0.25, 0.3) is 5.91 Å². The van der Waals surface area contributed by atoms with E-state index in [1.54, 1.807) is 0 Å². The second-order valence-electron chi connectivity index (χ2n) is 5.75. The molecule has 1 aliphatic heterocycles. The number of benzene rings is 1. The predicted molar refractivity (Wildman–Crippen MR) is 82.9 cm³/mol. The number of fused-ring (bicyclic) bond motifs is 1. The van der Waals surface area contributed by atoms with Gasteiger partial charge in [-0.25, -0.2) is 0 Å². The number of amides is 2. The standard InChI is InChI=1S/C16H22N2O4/c1-10(2)15-16(21)18(9-14(20)17-6-7-19)12-8-11(3)4-5-13(12)22-15/h4-5,8,10,15,19H,6-7,9H2,1-3H3,(H,17,20)/t15-/m1/s1. The maximum atomic E-state index is 12.6. The van der Waals surface area contributed by atoms with Crippen LogP contribution in [0.3, 0.4) is 0 Å². The molecule has 0 aliphatic carbocycles. The van der Waals surface area contributed by atoms with Crippen LogP contribution in [0.15, 0.2) is 18.2 Å². The fourth-order valence-electron chi connectivity index (χ4n) is 2.38. The number of hydrogen-bond donors (Lipinski definition) is 2. The number of nitrogens with one attached hydrogen (secondary N) is 1. The zero-order chi connectivity index (χ0) is 16.3. The highest BCUT2D eigenvalue weighted by Gasteiger charge is 2.37. The summed E-state index contributed by atoms with van der Waals surface area (Å²) in [5.41, 5.74) is 1.60. The van der Waals surface area contributed by atoms with Crippen LogP contribution in [0.25, 0.3) is 0 Å². The number of carbonyl (C=O) groups is 2. The average molecular weight is 306 g/mol. The molecule has 1 heterocycles. The molecule has 1 aromatic rings. The summed E-state index contributed by atoms with van der Waals surface area (Å²) in [7, 11) is 0. The highest BCUT2D eigenvalue weighted by molar-refractivity contribution is 6.04. The van der Waals surface area contributed by atoms with Crippen molar-refractivity contribution in [3.63, 3.8) is 0 Å². The van der Waals surface area contributed by atoms with Gasteiger partial charge in [0.1, 0.15) is 12.3 Å². The van der Waals surface area contributed by atoms with Crippen LogP contribution in [-0.4, -0.2) is 42.7 Å². The Morgan fingerprint density at radius 1 is 1.45 bits per heavy atom. The molecule has 0 saturated heterocycles. The van der Waals surface area contributed by atoms with Crippen LogP contribution < -0.4 is 15.0 Å². The Bertz CT molecular complexity index is 571. The van der Waals surface area contributed by atoms with Crippen molar-refractivity contribution in [1.29, 1.82) is 0 Å².